The molecule has 6 nitrogen and oxygen atoms in total. The molecule has 0 radical (unpaired) electrons. The summed E-state index contributed by atoms with van der Waals surface area (Å²) in [6.07, 6.45) is 0. The van der Waals surface area contributed by atoms with Gasteiger partial charge < -0.3 is 15.0 Å². The second kappa shape index (κ2) is 10.4. The number of amides is 2. The van der Waals surface area contributed by atoms with Crippen LogP contribution >= 0.6 is 24.0 Å². The van der Waals surface area contributed by atoms with Gasteiger partial charge in [-0.05, 0) is 36.4 Å². The predicted octanol–water partition coefficient (Wildman–Crippen LogP) is 3.72. The summed E-state index contributed by atoms with van der Waals surface area (Å²) >= 11 is 5.96. The molecule has 1 fully saturated rings. The van der Waals surface area contributed by atoms with E-state index < -0.39 is 11.8 Å². The van der Waals surface area contributed by atoms with Gasteiger partial charge in [-0.3, -0.25) is 4.90 Å². The van der Waals surface area contributed by atoms with Crippen LogP contribution in [-0.4, -0.2) is 50.2 Å². The number of hydrogen-bond donors (Lipinski definition) is 1. The van der Waals surface area contributed by atoms with Gasteiger partial charge in [0, 0.05) is 42.5 Å². The average molecular weight is 442 g/mol. The highest BCUT2D eigenvalue weighted by molar-refractivity contribution is 6.30. The monoisotopic (exact) mass is 441 g/mol. The van der Waals surface area contributed by atoms with Crippen LogP contribution in [-0.2, 0) is 11.3 Å². The Labute approximate surface area is 180 Å². The fourth-order valence-corrected chi connectivity index (χ4v) is 3.13. The van der Waals surface area contributed by atoms with Gasteiger partial charge in [-0.15, -0.1) is 12.4 Å². The molecule has 9 heteroatoms. The molecule has 1 heterocycles. The molecule has 1 N–H and O–H groups in total. The van der Waals surface area contributed by atoms with Gasteiger partial charge in [0.2, 0.25) is 0 Å². The number of methoxy groups -OCH3 is 1. The Morgan fingerprint density at radius 3 is 2.41 bits per heavy atom. The van der Waals surface area contributed by atoms with E-state index in [0.29, 0.717) is 42.5 Å². The average Bonchev–Trinajstić information content (AvgIpc) is 2.73. The molecule has 0 bridgehead atoms. The molecule has 2 aromatic carbocycles. The van der Waals surface area contributed by atoms with E-state index in [9.17, 15) is 14.0 Å². The van der Waals surface area contributed by atoms with Crippen molar-refractivity contribution in [3.05, 3.63) is 64.4 Å². The Bertz CT molecular complexity index is 859. The Morgan fingerprint density at radius 2 is 1.83 bits per heavy atom. The minimum absolute atomic E-state index is 0. The van der Waals surface area contributed by atoms with Crippen LogP contribution in [0.5, 0.6) is 0 Å². The van der Waals surface area contributed by atoms with Gasteiger partial charge in [0.25, 0.3) is 0 Å². The minimum Gasteiger partial charge on any atom is -0.465 e. The number of carbonyl (C=O) groups is 2. The lowest BCUT2D eigenvalue weighted by molar-refractivity contribution is 0.0600. The molecule has 0 aliphatic carbocycles. The molecule has 156 valence electrons. The van der Waals surface area contributed by atoms with Crippen LogP contribution in [0.1, 0.15) is 15.9 Å². The maximum Gasteiger partial charge on any atom is 0.337 e. The number of piperazine rings is 1. The molecule has 0 atom stereocenters. The lowest BCUT2D eigenvalue weighted by Crippen LogP contribution is -2.51. The molecular formula is C20H22Cl2FN3O3. The first-order valence-corrected chi connectivity index (χ1v) is 9.27. The summed E-state index contributed by atoms with van der Waals surface area (Å²) in [5, 5.41) is 3.75. The van der Waals surface area contributed by atoms with Crippen LogP contribution in [0.25, 0.3) is 0 Å². The van der Waals surface area contributed by atoms with Gasteiger partial charge in [-0.2, -0.15) is 0 Å². The molecule has 1 aliphatic rings. The highest BCUT2D eigenvalue weighted by Gasteiger charge is 2.25. The van der Waals surface area contributed by atoms with Gasteiger partial charge in [-0.1, -0.05) is 17.7 Å². The summed E-state index contributed by atoms with van der Waals surface area (Å²) in [5.74, 6) is -1.19. The third kappa shape index (κ3) is 5.59. The third-order valence-corrected chi connectivity index (χ3v) is 4.81. The number of nitrogens with zero attached hydrogens (tertiary/aromatic N) is 2. The zero-order chi connectivity index (χ0) is 20.1. The number of halogens is 3. The molecule has 0 spiro atoms. The fourth-order valence-electron chi connectivity index (χ4n) is 3.01. The van der Waals surface area contributed by atoms with Crippen LogP contribution in [0.4, 0.5) is 14.9 Å². The topological polar surface area (TPSA) is 61.9 Å². The van der Waals surface area contributed by atoms with Crippen molar-refractivity contribution >= 4 is 41.7 Å². The van der Waals surface area contributed by atoms with Gasteiger partial charge in [-0.25, -0.2) is 14.0 Å². The number of rotatable bonds is 4. The summed E-state index contributed by atoms with van der Waals surface area (Å²) in [7, 11) is 1.24. The number of ether oxygens (including phenoxy) is 1. The van der Waals surface area contributed by atoms with E-state index in [2.05, 4.69) is 10.1 Å². The number of esters is 1. The summed E-state index contributed by atoms with van der Waals surface area (Å²) in [4.78, 5) is 27.9. The van der Waals surface area contributed by atoms with Crippen molar-refractivity contribution < 1.29 is 18.7 Å². The smallest absolute Gasteiger partial charge is 0.337 e. The Hall–Kier alpha value is -2.35. The summed E-state index contributed by atoms with van der Waals surface area (Å²) < 4.78 is 19.2. The summed E-state index contributed by atoms with van der Waals surface area (Å²) in [6, 6.07) is 10.7. The molecule has 2 aromatic rings. The van der Waals surface area contributed by atoms with E-state index in [4.69, 9.17) is 11.6 Å². The first-order chi connectivity index (χ1) is 13.5. The molecule has 0 saturated carbocycles. The van der Waals surface area contributed by atoms with Crippen LogP contribution < -0.4 is 10.2 Å². The van der Waals surface area contributed by atoms with Crippen molar-refractivity contribution in [2.24, 2.45) is 0 Å². The molecule has 0 aromatic heterocycles. The van der Waals surface area contributed by atoms with E-state index in [1.807, 2.05) is 0 Å². The Kier molecular flexibility index (Phi) is 8.25. The molecule has 29 heavy (non-hydrogen) atoms. The van der Waals surface area contributed by atoms with Crippen LogP contribution in [0.15, 0.2) is 42.5 Å². The van der Waals surface area contributed by atoms with Crippen molar-refractivity contribution in [1.29, 1.82) is 0 Å². The zero-order valence-electron chi connectivity index (χ0n) is 15.9. The first kappa shape index (κ1) is 22.9. The van der Waals surface area contributed by atoms with Crippen molar-refractivity contribution in [3.63, 3.8) is 0 Å². The summed E-state index contributed by atoms with van der Waals surface area (Å²) in [5.41, 5.74) is 1.03. The van der Waals surface area contributed by atoms with E-state index in [1.165, 1.54) is 24.1 Å². The van der Waals surface area contributed by atoms with Crippen molar-refractivity contribution in [2.75, 3.05) is 38.2 Å². The predicted molar refractivity (Wildman–Crippen MR) is 112 cm³/mol. The highest BCUT2D eigenvalue weighted by atomic mass is 35.5. The van der Waals surface area contributed by atoms with Crippen molar-refractivity contribution in [3.8, 4) is 0 Å². The third-order valence-electron chi connectivity index (χ3n) is 4.56. The molecule has 1 aliphatic heterocycles. The van der Waals surface area contributed by atoms with Crippen LogP contribution in [0, 0.1) is 5.82 Å². The second-order valence-electron chi connectivity index (χ2n) is 6.38. The Morgan fingerprint density at radius 1 is 1.17 bits per heavy atom. The molecule has 0 unspecified atom stereocenters. The number of benzene rings is 2. The molecule has 3 rings (SSSR count). The lowest BCUT2D eigenvalue weighted by Gasteiger charge is -2.33. The number of urea groups is 1. The van der Waals surface area contributed by atoms with Gasteiger partial charge in [0.15, 0.2) is 0 Å². The van der Waals surface area contributed by atoms with Gasteiger partial charge in [0.05, 0.1) is 19.2 Å². The Balaban J connectivity index is 0.00000300. The number of nitrogens with one attached hydrogen (secondary N) is 1. The van der Waals surface area contributed by atoms with Crippen molar-refractivity contribution in [2.45, 2.75) is 6.54 Å². The standard InChI is InChI=1S/C20H21ClFN3O3.ClH/c1-28-19(26)14-2-3-15(18(22)12-14)13-25(17-6-4-16(21)5-7-17)20(27)24-10-8-23-9-11-24;/h2-7,12,23H,8-11,13H2,1H3;1H. The SMILES string of the molecule is COC(=O)c1ccc(CN(C(=O)N2CCNCC2)c2ccc(Cl)cc2)c(F)c1.Cl. The van der Waals surface area contributed by atoms with Gasteiger partial charge >= 0.3 is 12.0 Å². The van der Waals surface area contributed by atoms with Gasteiger partial charge in [0.1, 0.15) is 5.82 Å². The van der Waals surface area contributed by atoms with Crippen LogP contribution in [0.2, 0.25) is 5.02 Å². The number of hydrogen-bond acceptors (Lipinski definition) is 4. The lowest BCUT2D eigenvalue weighted by atomic mass is 10.1. The van der Waals surface area contributed by atoms with E-state index in [1.54, 1.807) is 29.2 Å². The quantitative estimate of drug-likeness (QED) is 0.734. The molecule has 2 amide bonds. The fraction of sp³-hybridized carbons (Fsp3) is 0.300. The molecular weight excluding hydrogens is 420 g/mol. The maximum absolute atomic E-state index is 14.6. The first-order valence-electron chi connectivity index (χ1n) is 8.89. The number of carbonyl (C=O) groups excluding carboxylic acids is 2. The second-order valence-corrected chi connectivity index (χ2v) is 6.82. The van der Waals surface area contributed by atoms with E-state index >= 15 is 0 Å². The van der Waals surface area contributed by atoms with E-state index in [-0.39, 0.29) is 30.5 Å². The molecule has 1 saturated heterocycles. The zero-order valence-corrected chi connectivity index (χ0v) is 17.4. The maximum atomic E-state index is 14.6. The number of anilines is 1. The summed E-state index contributed by atoms with van der Waals surface area (Å²) in [6.45, 7) is 2.60. The van der Waals surface area contributed by atoms with Crippen LogP contribution in [0.3, 0.4) is 0 Å². The largest absolute Gasteiger partial charge is 0.465 e. The highest BCUT2D eigenvalue weighted by Crippen LogP contribution is 2.23. The minimum atomic E-state index is -0.614. The van der Waals surface area contributed by atoms with E-state index in [0.717, 1.165) is 6.07 Å². The normalized spacial score (nSPS) is 13.4. The van der Waals surface area contributed by atoms with Crippen molar-refractivity contribution in [1.82, 2.24) is 10.2 Å².